The molecule has 270 valence electrons. The van der Waals surface area contributed by atoms with E-state index in [1.165, 1.54) is 5.56 Å². The van der Waals surface area contributed by atoms with Gasteiger partial charge in [-0.25, -0.2) is 4.52 Å². The fourth-order valence-corrected chi connectivity index (χ4v) is 8.28. The Balaban J connectivity index is 0.865. The van der Waals surface area contributed by atoms with Crippen molar-refractivity contribution in [2.75, 3.05) is 42.9 Å². The van der Waals surface area contributed by atoms with Gasteiger partial charge in [-0.3, -0.25) is 29.6 Å². The second kappa shape index (κ2) is 14.4. The van der Waals surface area contributed by atoms with E-state index in [9.17, 15) is 19.6 Å². The van der Waals surface area contributed by atoms with E-state index >= 15 is 0 Å². The molecule has 15 heteroatoms. The van der Waals surface area contributed by atoms with Gasteiger partial charge in [0.25, 0.3) is 5.91 Å². The van der Waals surface area contributed by atoms with Crippen LogP contribution in [-0.4, -0.2) is 97.1 Å². The maximum Gasteiger partial charge on any atom is 0.255 e. The molecule has 2 fully saturated rings. The van der Waals surface area contributed by atoms with E-state index in [2.05, 4.69) is 61.7 Å². The van der Waals surface area contributed by atoms with Crippen LogP contribution in [-0.2, 0) is 22.6 Å². The Hall–Kier alpha value is -5.72. The first-order valence-electron chi connectivity index (χ1n) is 18.0. The highest BCUT2D eigenvalue weighted by Gasteiger charge is 2.39. The number of amides is 3. The van der Waals surface area contributed by atoms with Crippen LogP contribution < -0.4 is 15.5 Å². The van der Waals surface area contributed by atoms with Crippen LogP contribution in [0.3, 0.4) is 0 Å². The van der Waals surface area contributed by atoms with E-state index in [1.807, 2.05) is 42.6 Å². The molecule has 2 saturated heterocycles. The summed E-state index contributed by atoms with van der Waals surface area (Å²) in [5, 5.41) is 30.5. The Labute approximate surface area is 310 Å². The molecule has 1 atom stereocenters. The van der Waals surface area contributed by atoms with Crippen molar-refractivity contribution >= 4 is 45.4 Å². The van der Waals surface area contributed by atoms with Crippen LogP contribution in [0.5, 0.6) is 0 Å². The number of carbonyl (C=O) groups excluding carboxylic acids is 3. The number of aromatic nitrogens is 5. The zero-order valence-electron chi connectivity index (χ0n) is 29.6. The molecule has 0 spiro atoms. The van der Waals surface area contributed by atoms with Crippen LogP contribution in [0.1, 0.15) is 60.2 Å². The van der Waals surface area contributed by atoms with Crippen LogP contribution in [0.15, 0.2) is 54.9 Å². The topological polar surface area (TPSA) is 165 Å². The lowest BCUT2D eigenvalue weighted by molar-refractivity contribution is -0.136. The third-order valence-corrected chi connectivity index (χ3v) is 11.1. The third kappa shape index (κ3) is 6.95. The van der Waals surface area contributed by atoms with E-state index in [0.717, 1.165) is 89.4 Å². The lowest BCUT2D eigenvalue weighted by Crippen LogP contribution is -2.52. The molecule has 0 radical (unpaired) electrons. The van der Waals surface area contributed by atoms with Crippen molar-refractivity contribution in [3.8, 4) is 28.0 Å². The van der Waals surface area contributed by atoms with E-state index < -0.39 is 6.04 Å². The lowest BCUT2D eigenvalue weighted by atomic mass is 10.0. The number of aryl methyl sites for hydroxylation is 1. The molecule has 53 heavy (non-hydrogen) atoms. The summed E-state index contributed by atoms with van der Waals surface area (Å²) in [6, 6.07) is 15.5. The normalized spacial score (nSPS) is 17.8. The average molecular weight is 730 g/mol. The van der Waals surface area contributed by atoms with Crippen molar-refractivity contribution in [1.29, 1.82) is 5.26 Å². The van der Waals surface area contributed by atoms with Gasteiger partial charge in [0, 0.05) is 62.6 Å². The van der Waals surface area contributed by atoms with Gasteiger partial charge in [-0.05, 0) is 81.1 Å². The number of rotatable bonds is 10. The number of fused-ring (bicyclic) bond motifs is 2. The molecule has 7 heterocycles. The molecule has 3 amide bonds. The van der Waals surface area contributed by atoms with Crippen molar-refractivity contribution < 1.29 is 14.4 Å². The summed E-state index contributed by atoms with van der Waals surface area (Å²) < 4.78 is 1.79. The number of anilines is 2. The average Bonchev–Trinajstić information content (AvgIpc) is 3.89. The van der Waals surface area contributed by atoms with Gasteiger partial charge in [0.2, 0.25) is 16.9 Å². The molecule has 1 unspecified atom stereocenters. The van der Waals surface area contributed by atoms with Crippen LogP contribution in [0.25, 0.3) is 27.5 Å². The van der Waals surface area contributed by atoms with Gasteiger partial charge in [0.1, 0.15) is 12.1 Å². The Kier molecular flexibility index (Phi) is 9.31. The third-order valence-electron chi connectivity index (χ3n) is 10.1. The fourth-order valence-electron chi connectivity index (χ4n) is 7.36. The number of pyridine rings is 1. The van der Waals surface area contributed by atoms with Gasteiger partial charge < -0.3 is 15.1 Å². The Bertz CT molecular complexity index is 2270. The lowest BCUT2D eigenvalue weighted by Gasteiger charge is -2.34. The molecule has 1 aromatic carbocycles. The molecule has 14 nitrogen and oxygen atoms in total. The number of nitrogens with one attached hydrogen (secondary N) is 2. The molecule has 4 aromatic heterocycles. The highest BCUT2D eigenvalue weighted by molar-refractivity contribution is 7.18. The predicted octanol–water partition coefficient (Wildman–Crippen LogP) is 4.12. The molecule has 3 aliphatic rings. The standard InChI is InChI=1S/C38H39N11O3S/c1-23(2)42-30-18-31(32-8-6-27-17-25(19-39)20-41-49(27)32)40-21-29(30)36-44-45-38(53-36)47-14-12-46(13-15-47)11-3-4-24-5-7-28-26(16-24)22-48(37(28)52)33-9-10-34(50)43-35(33)51/h5-8,16-18,20-21,23,33H,3-4,9-15,22H2,1-2H3,(H,40,42)(H,43,50,51). The zero-order chi connectivity index (χ0) is 36.6. The number of hydrogen-bond acceptors (Lipinski definition) is 12. The highest BCUT2D eigenvalue weighted by Crippen LogP contribution is 2.36. The SMILES string of the molecule is CC(C)Nc1cc(-c2ccc3cc(C#N)cnn23)ncc1-c1nnc(N2CCN(CCCc3ccc4c(c3)CN(C3CCC(=O)NC3=O)C4=O)CC2)s1. The Morgan fingerprint density at radius 1 is 1.02 bits per heavy atom. The largest absolute Gasteiger partial charge is 0.382 e. The molecular weight excluding hydrogens is 691 g/mol. The molecule has 0 saturated carbocycles. The van der Waals surface area contributed by atoms with Crippen molar-refractivity contribution in [3.63, 3.8) is 0 Å². The van der Waals surface area contributed by atoms with Crippen LogP contribution >= 0.6 is 11.3 Å². The van der Waals surface area contributed by atoms with Crippen molar-refractivity contribution in [2.45, 2.75) is 58.2 Å². The van der Waals surface area contributed by atoms with Crippen molar-refractivity contribution in [3.05, 3.63) is 77.1 Å². The number of carbonyl (C=O) groups is 3. The highest BCUT2D eigenvalue weighted by atomic mass is 32.1. The van der Waals surface area contributed by atoms with Crippen molar-refractivity contribution in [2.24, 2.45) is 0 Å². The van der Waals surface area contributed by atoms with E-state index in [0.29, 0.717) is 24.1 Å². The molecular formula is C38H39N11O3S. The molecule has 0 bridgehead atoms. The summed E-state index contributed by atoms with van der Waals surface area (Å²) in [5.41, 5.74) is 7.53. The minimum atomic E-state index is -0.596. The number of nitriles is 1. The summed E-state index contributed by atoms with van der Waals surface area (Å²) in [7, 11) is 0. The van der Waals surface area contributed by atoms with Gasteiger partial charge in [0.05, 0.1) is 34.2 Å². The first kappa shape index (κ1) is 34.4. The van der Waals surface area contributed by atoms with Crippen molar-refractivity contribution in [1.82, 2.24) is 39.9 Å². The van der Waals surface area contributed by atoms with E-state index in [1.54, 1.807) is 26.9 Å². The number of piperazine rings is 1. The smallest absolute Gasteiger partial charge is 0.255 e. The first-order valence-corrected chi connectivity index (χ1v) is 18.8. The van der Waals surface area contributed by atoms with Crippen LogP contribution in [0, 0.1) is 11.3 Å². The van der Waals surface area contributed by atoms with Crippen LogP contribution in [0.4, 0.5) is 10.8 Å². The predicted molar refractivity (Wildman–Crippen MR) is 200 cm³/mol. The van der Waals surface area contributed by atoms with E-state index in [-0.39, 0.29) is 30.2 Å². The van der Waals surface area contributed by atoms with Gasteiger partial charge >= 0.3 is 0 Å². The maximum atomic E-state index is 13.0. The maximum absolute atomic E-state index is 13.0. The Morgan fingerprint density at radius 2 is 1.87 bits per heavy atom. The summed E-state index contributed by atoms with van der Waals surface area (Å²) in [4.78, 5) is 48.2. The minimum absolute atomic E-state index is 0.138. The summed E-state index contributed by atoms with van der Waals surface area (Å²) in [6.07, 6.45) is 5.92. The van der Waals surface area contributed by atoms with Gasteiger partial charge in [-0.15, -0.1) is 10.2 Å². The summed E-state index contributed by atoms with van der Waals surface area (Å²) in [5.74, 6) is -0.804. The quantitative estimate of drug-likeness (QED) is 0.199. The Morgan fingerprint density at radius 3 is 2.66 bits per heavy atom. The summed E-state index contributed by atoms with van der Waals surface area (Å²) in [6.45, 7) is 9.15. The number of hydrogen-bond donors (Lipinski definition) is 2. The molecule has 3 aliphatic heterocycles. The van der Waals surface area contributed by atoms with Gasteiger partial charge in [-0.1, -0.05) is 23.5 Å². The fraction of sp³-hybridized carbons (Fsp3) is 0.368. The number of nitrogens with zero attached hydrogens (tertiary/aromatic N) is 9. The molecule has 0 aliphatic carbocycles. The second-order valence-electron chi connectivity index (χ2n) is 14.0. The number of benzene rings is 1. The van der Waals surface area contributed by atoms with Gasteiger partial charge in [0.15, 0.2) is 5.01 Å². The minimum Gasteiger partial charge on any atom is -0.382 e. The molecule has 8 rings (SSSR count). The van der Waals surface area contributed by atoms with Gasteiger partial charge in [-0.2, -0.15) is 10.4 Å². The zero-order valence-corrected chi connectivity index (χ0v) is 30.4. The number of imide groups is 1. The van der Waals surface area contributed by atoms with Crippen LogP contribution in [0.2, 0.25) is 0 Å². The molecule has 2 N–H and O–H groups in total. The first-order chi connectivity index (χ1) is 25.7. The van der Waals surface area contributed by atoms with E-state index in [4.69, 9.17) is 4.98 Å². The summed E-state index contributed by atoms with van der Waals surface area (Å²) >= 11 is 1.57. The molecule has 5 aromatic rings. The second-order valence-corrected chi connectivity index (χ2v) is 15.0. The monoisotopic (exact) mass is 729 g/mol. The number of piperidine rings is 1.